The van der Waals surface area contributed by atoms with Gasteiger partial charge in [0.2, 0.25) is 5.91 Å². The molecular formula is C12H19NO3S. The molecule has 0 aliphatic carbocycles. The summed E-state index contributed by atoms with van der Waals surface area (Å²) in [6.45, 7) is 2.64. The van der Waals surface area contributed by atoms with Crippen molar-refractivity contribution in [2.24, 2.45) is 0 Å². The smallest absolute Gasteiger partial charge is 0.224 e. The number of nitrogens with zero attached hydrogens (tertiary/aromatic N) is 1. The van der Waals surface area contributed by atoms with Gasteiger partial charge in [-0.15, -0.1) is 0 Å². The van der Waals surface area contributed by atoms with Crippen LogP contribution in [-0.2, 0) is 14.4 Å². The number of carbonyl (C=O) groups is 3. The molecule has 0 aromatic rings. The number of hydrogen-bond acceptors (Lipinski definition) is 4. The molecule has 1 aliphatic heterocycles. The average Bonchev–Trinajstić information content (AvgIpc) is 2.77. The van der Waals surface area contributed by atoms with Crippen LogP contribution in [-0.4, -0.2) is 40.5 Å². The Hall–Kier alpha value is -0.840. The Bertz CT molecular complexity index is 293. The van der Waals surface area contributed by atoms with Crippen LogP contribution in [0, 0.1) is 0 Å². The van der Waals surface area contributed by atoms with E-state index in [1.807, 2.05) is 6.92 Å². The molecule has 1 atom stereocenters. The van der Waals surface area contributed by atoms with Gasteiger partial charge >= 0.3 is 0 Å². The summed E-state index contributed by atoms with van der Waals surface area (Å²) in [6.07, 6.45) is 4.29. The van der Waals surface area contributed by atoms with Crippen molar-refractivity contribution < 1.29 is 14.4 Å². The third-order valence-electron chi connectivity index (χ3n) is 2.81. The van der Waals surface area contributed by atoms with Crippen LogP contribution in [0.15, 0.2) is 0 Å². The largest absolute Gasteiger partial charge is 0.333 e. The quantitative estimate of drug-likeness (QED) is 0.679. The van der Waals surface area contributed by atoms with Crippen molar-refractivity contribution in [3.05, 3.63) is 0 Å². The van der Waals surface area contributed by atoms with Crippen molar-refractivity contribution in [1.29, 1.82) is 0 Å². The van der Waals surface area contributed by atoms with Crippen molar-refractivity contribution in [2.75, 3.05) is 12.3 Å². The molecule has 0 radical (unpaired) electrons. The number of amides is 1. The lowest BCUT2D eigenvalue weighted by molar-refractivity contribution is -0.134. The highest BCUT2D eigenvalue weighted by atomic mass is 32.2. The van der Waals surface area contributed by atoms with Crippen molar-refractivity contribution in [2.45, 2.75) is 45.1 Å². The van der Waals surface area contributed by atoms with Crippen molar-refractivity contribution in [1.82, 2.24) is 4.90 Å². The van der Waals surface area contributed by atoms with Gasteiger partial charge in [-0.3, -0.25) is 9.59 Å². The molecule has 1 rings (SSSR count). The highest BCUT2D eigenvalue weighted by Gasteiger charge is 2.27. The number of thioether (sulfide) groups is 1. The fourth-order valence-electron chi connectivity index (χ4n) is 1.92. The second kappa shape index (κ2) is 7.48. The summed E-state index contributed by atoms with van der Waals surface area (Å²) >= 11 is 1.22. The van der Waals surface area contributed by atoms with E-state index < -0.39 is 0 Å². The van der Waals surface area contributed by atoms with Crippen LogP contribution in [0.25, 0.3) is 0 Å². The zero-order chi connectivity index (χ0) is 12.7. The minimum atomic E-state index is -0.237. The van der Waals surface area contributed by atoms with Gasteiger partial charge in [0.05, 0.1) is 6.04 Å². The van der Waals surface area contributed by atoms with E-state index in [0.29, 0.717) is 25.1 Å². The molecule has 1 fully saturated rings. The average molecular weight is 257 g/mol. The van der Waals surface area contributed by atoms with Gasteiger partial charge in [0.25, 0.3) is 0 Å². The third kappa shape index (κ3) is 4.50. The molecule has 0 N–H and O–H groups in total. The van der Waals surface area contributed by atoms with Gasteiger partial charge in [-0.1, -0.05) is 18.7 Å². The monoisotopic (exact) mass is 257 g/mol. The molecule has 1 saturated heterocycles. The van der Waals surface area contributed by atoms with Gasteiger partial charge in [0.15, 0.2) is 5.12 Å². The van der Waals surface area contributed by atoms with Crippen molar-refractivity contribution in [3.8, 4) is 0 Å². The molecule has 5 heteroatoms. The molecule has 1 aliphatic rings. The van der Waals surface area contributed by atoms with Gasteiger partial charge < -0.3 is 9.69 Å². The van der Waals surface area contributed by atoms with Gasteiger partial charge in [0.1, 0.15) is 6.29 Å². The number of likely N-dealkylation sites (tertiary alicyclic amines) is 1. The number of rotatable bonds is 6. The third-order valence-corrected chi connectivity index (χ3v) is 3.74. The molecule has 96 valence electrons. The molecule has 0 aromatic heterocycles. The van der Waals surface area contributed by atoms with Crippen LogP contribution in [0.4, 0.5) is 0 Å². The Morgan fingerprint density at radius 1 is 1.41 bits per heavy atom. The van der Waals surface area contributed by atoms with E-state index in [1.165, 1.54) is 11.8 Å². The lowest BCUT2D eigenvalue weighted by Crippen LogP contribution is -2.36. The summed E-state index contributed by atoms with van der Waals surface area (Å²) in [5, 5.41) is 0.147. The molecule has 0 aromatic carbocycles. The lowest BCUT2D eigenvalue weighted by atomic mass is 10.2. The van der Waals surface area contributed by atoms with E-state index in [0.717, 1.165) is 25.5 Å². The summed E-state index contributed by atoms with van der Waals surface area (Å²) < 4.78 is 0. The fourth-order valence-corrected chi connectivity index (χ4v) is 2.77. The first-order chi connectivity index (χ1) is 8.19. The minimum Gasteiger partial charge on any atom is -0.333 e. The minimum absolute atomic E-state index is 0.00333. The summed E-state index contributed by atoms with van der Waals surface area (Å²) in [4.78, 5) is 35.4. The molecule has 1 heterocycles. The zero-order valence-corrected chi connectivity index (χ0v) is 11.0. The molecule has 1 amide bonds. The van der Waals surface area contributed by atoms with Gasteiger partial charge in [-0.05, 0) is 19.3 Å². The Balaban J connectivity index is 2.25. The lowest BCUT2D eigenvalue weighted by Gasteiger charge is -2.20. The van der Waals surface area contributed by atoms with Gasteiger partial charge in [-0.2, -0.15) is 0 Å². The number of carbonyl (C=O) groups excluding carboxylic acids is 3. The molecule has 0 bridgehead atoms. The Morgan fingerprint density at radius 3 is 2.82 bits per heavy atom. The van der Waals surface area contributed by atoms with E-state index in [-0.39, 0.29) is 17.1 Å². The number of hydrogen-bond donors (Lipinski definition) is 0. The molecule has 17 heavy (non-hydrogen) atoms. The van der Waals surface area contributed by atoms with Gasteiger partial charge in [0, 0.05) is 25.1 Å². The van der Waals surface area contributed by atoms with Gasteiger partial charge in [-0.25, -0.2) is 0 Å². The molecule has 0 saturated carbocycles. The van der Waals surface area contributed by atoms with Crippen molar-refractivity contribution >= 4 is 29.1 Å². The topological polar surface area (TPSA) is 54.5 Å². The summed E-state index contributed by atoms with van der Waals surface area (Å²) in [7, 11) is 0. The van der Waals surface area contributed by atoms with E-state index in [1.54, 1.807) is 4.90 Å². The van der Waals surface area contributed by atoms with Crippen LogP contribution < -0.4 is 0 Å². The van der Waals surface area contributed by atoms with E-state index in [2.05, 4.69) is 0 Å². The van der Waals surface area contributed by atoms with Crippen LogP contribution in [0.3, 0.4) is 0 Å². The zero-order valence-electron chi connectivity index (χ0n) is 10.2. The molecule has 0 spiro atoms. The van der Waals surface area contributed by atoms with Crippen molar-refractivity contribution in [3.63, 3.8) is 0 Å². The first-order valence-electron chi connectivity index (χ1n) is 6.09. The SMILES string of the molecule is CCCC(=O)SCCC(=O)N1CCCC1C=O. The molecular weight excluding hydrogens is 238 g/mol. The highest BCUT2D eigenvalue weighted by Crippen LogP contribution is 2.17. The predicted octanol–water partition coefficient (Wildman–Crippen LogP) is 1.63. The van der Waals surface area contributed by atoms with Crippen LogP contribution in [0.1, 0.15) is 39.0 Å². The Kier molecular flexibility index (Phi) is 6.26. The fraction of sp³-hybridized carbons (Fsp3) is 0.750. The first-order valence-corrected chi connectivity index (χ1v) is 7.08. The maximum Gasteiger partial charge on any atom is 0.224 e. The van der Waals surface area contributed by atoms with E-state index >= 15 is 0 Å². The van der Waals surface area contributed by atoms with Crippen LogP contribution >= 0.6 is 11.8 Å². The second-order valence-electron chi connectivity index (χ2n) is 4.15. The summed E-state index contributed by atoms with van der Waals surface area (Å²) in [6, 6.07) is -0.237. The summed E-state index contributed by atoms with van der Waals surface area (Å²) in [5.74, 6) is 0.524. The normalized spacial score (nSPS) is 19.4. The molecule has 1 unspecified atom stereocenters. The Morgan fingerprint density at radius 2 is 2.18 bits per heavy atom. The standard InChI is InChI=1S/C12H19NO3S/c1-2-4-12(16)17-8-6-11(15)13-7-3-5-10(13)9-14/h9-10H,2-8H2,1H3. The van der Waals surface area contributed by atoms with Crippen LogP contribution in [0.5, 0.6) is 0 Å². The first kappa shape index (κ1) is 14.2. The van der Waals surface area contributed by atoms with E-state index in [9.17, 15) is 14.4 Å². The van der Waals surface area contributed by atoms with Crippen LogP contribution in [0.2, 0.25) is 0 Å². The Labute approximate surface area is 106 Å². The number of aldehydes is 1. The maximum absolute atomic E-state index is 11.8. The van der Waals surface area contributed by atoms with E-state index in [4.69, 9.17) is 0 Å². The molecule has 4 nitrogen and oxygen atoms in total. The predicted molar refractivity (Wildman–Crippen MR) is 67.8 cm³/mol. The maximum atomic E-state index is 11.8. The highest BCUT2D eigenvalue weighted by molar-refractivity contribution is 8.13. The second-order valence-corrected chi connectivity index (χ2v) is 5.31. The summed E-state index contributed by atoms with van der Waals surface area (Å²) in [5.41, 5.74) is 0.